The number of carbonyl (C=O) groups is 1. The number of hydrogen-bond donors (Lipinski definition) is 1. The van der Waals surface area contributed by atoms with Crippen LogP contribution in [0.5, 0.6) is 0 Å². The summed E-state index contributed by atoms with van der Waals surface area (Å²) in [5.41, 5.74) is 1.82. The minimum atomic E-state index is -0.0305. The molecule has 0 saturated heterocycles. The van der Waals surface area contributed by atoms with Crippen LogP contribution in [0.4, 0.5) is 5.13 Å². The van der Waals surface area contributed by atoms with Crippen LogP contribution >= 0.6 is 11.5 Å². The molecule has 1 N–H and O–H groups in total. The second-order valence-corrected chi connectivity index (χ2v) is 7.50. The number of amides is 1. The first-order valence-electron chi connectivity index (χ1n) is 7.66. The second-order valence-electron chi connectivity index (χ2n) is 6.75. The maximum atomic E-state index is 12.0. The highest BCUT2D eigenvalue weighted by atomic mass is 32.1. The normalized spacial score (nSPS) is 11.3. The Balaban J connectivity index is 1.93. The lowest BCUT2D eigenvalue weighted by molar-refractivity contribution is 0.0827. The van der Waals surface area contributed by atoms with Crippen LogP contribution in [0.1, 0.15) is 42.5 Å². The molecule has 23 heavy (non-hydrogen) atoms. The van der Waals surface area contributed by atoms with Crippen molar-refractivity contribution >= 4 is 22.6 Å². The van der Waals surface area contributed by atoms with Crippen molar-refractivity contribution in [2.75, 3.05) is 26.0 Å². The lowest BCUT2D eigenvalue weighted by atomic mass is 9.96. The highest BCUT2D eigenvalue weighted by Gasteiger charge is 2.19. The number of nitrogens with zero attached hydrogens (tertiary/aromatic N) is 3. The van der Waals surface area contributed by atoms with Gasteiger partial charge in [0.2, 0.25) is 5.13 Å². The van der Waals surface area contributed by atoms with E-state index >= 15 is 0 Å². The van der Waals surface area contributed by atoms with Crippen LogP contribution in [0.25, 0.3) is 0 Å². The number of anilines is 1. The van der Waals surface area contributed by atoms with E-state index in [0.717, 1.165) is 35.0 Å². The molecule has 0 spiro atoms. The summed E-state index contributed by atoms with van der Waals surface area (Å²) >= 11 is 1.39. The van der Waals surface area contributed by atoms with E-state index in [4.69, 9.17) is 0 Å². The van der Waals surface area contributed by atoms with Gasteiger partial charge >= 0.3 is 0 Å². The van der Waals surface area contributed by atoms with E-state index in [0.29, 0.717) is 0 Å². The molecule has 1 heterocycles. The van der Waals surface area contributed by atoms with Crippen LogP contribution in [0.3, 0.4) is 0 Å². The smallest absolute Gasteiger partial charge is 0.253 e. The van der Waals surface area contributed by atoms with Crippen molar-refractivity contribution in [2.24, 2.45) is 0 Å². The molecule has 0 bridgehead atoms. The molecule has 6 heteroatoms. The number of rotatable bonds is 5. The summed E-state index contributed by atoms with van der Waals surface area (Å²) in [5.74, 6) is 0.891. The van der Waals surface area contributed by atoms with Gasteiger partial charge < -0.3 is 10.2 Å². The van der Waals surface area contributed by atoms with Crippen LogP contribution in [0.15, 0.2) is 24.3 Å². The van der Waals surface area contributed by atoms with Gasteiger partial charge in [-0.25, -0.2) is 4.98 Å². The Bertz CT molecular complexity index is 673. The van der Waals surface area contributed by atoms with Crippen molar-refractivity contribution in [3.8, 4) is 0 Å². The Morgan fingerprint density at radius 1 is 1.30 bits per heavy atom. The first-order valence-corrected chi connectivity index (χ1v) is 8.43. The SMILES string of the molecule is CN(C)C(=O)c1cccc(CCNc2nc(C(C)(C)C)ns2)c1. The van der Waals surface area contributed by atoms with Crippen LogP contribution in [-0.2, 0) is 11.8 Å². The summed E-state index contributed by atoms with van der Waals surface area (Å²) in [7, 11) is 3.53. The van der Waals surface area contributed by atoms with Gasteiger partial charge in [-0.2, -0.15) is 4.37 Å². The lowest BCUT2D eigenvalue weighted by Gasteiger charge is -2.12. The third-order valence-corrected chi connectivity index (χ3v) is 4.04. The van der Waals surface area contributed by atoms with Gasteiger partial charge in [-0.3, -0.25) is 4.79 Å². The Hall–Kier alpha value is -1.95. The van der Waals surface area contributed by atoms with Gasteiger partial charge in [0.25, 0.3) is 5.91 Å². The fraction of sp³-hybridized carbons (Fsp3) is 0.471. The molecule has 0 fully saturated rings. The molecule has 1 aromatic heterocycles. The lowest BCUT2D eigenvalue weighted by Crippen LogP contribution is -2.21. The largest absolute Gasteiger partial charge is 0.360 e. The van der Waals surface area contributed by atoms with Gasteiger partial charge in [0, 0.05) is 43.2 Å². The molecule has 0 aliphatic carbocycles. The minimum Gasteiger partial charge on any atom is -0.360 e. The van der Waals surface area contributed by atoms with Crippen LogP contribution in [0, 0.1) is 0 Å². The molecule has 1 amide bonds. The average Bonchev–Trinajstić information content (AvgIpc) is 2.96. The summed E-state index contributed by atoms with van der Waals surface area (Å²) in [5, 5.41) is 4.15. The standard InChI is InChI=1S/C17H24N4OS/c1-17(2,3)15-19-16(23-20-15)18-10-9-12-7-6-8-13(11-12)14(22)21(4)5/h6-8,11H,9-10H2,1-5H3,(H,18,19,20). The zero-order valence-corrected chi connectivity index (χ0v) is 15.2. The van der Waals surface area contributed by atoms with E-state index in [1.54, 1.807) is 19.0 Å². The molecular formula is C17H24N4OS. The monoisotopic (exact) mass is 332 g/mol. The molecule has 2 rings (SSSR count). The predicted molar refractivity (Wildman–Crippen MR) is 95.3 cm³/mol. The van der Waals surface area contributed by atoms with E-state index in [9.17, 15) is 4.79 Å². The number of aromatic nitrogens is 2. The first-order chi connectivity index (χ1) is 10.8. The fourth-order valence-corrected chi connectivity index (χ4v) is 2.81. The zero-order chi connectivity index (χ0) is 17.0. The molecular weight excluding hydrogens is 308 g/mol. The second kappa shape index (κ2) is 7.08. The van der Waals surface area contributed by atoms with Crippen molar-refractivity contribution in [3.63, 3.8) is 0 Å². The maximum absolute atomic E-state index is 12.0. The average molecular weight is 332 g/mol. The van der Waals surface area contributed by atoms with E-state index in [-0.39, 0.29) is 11.3 Å². The number of nitrogens with one attached hydrogen (secondary N) is 1. The van der Waals surface area contributed by atoms with Crippen LogP contribution in [-0.4, -0.2) is 40.8 Å². The molecule has 124 valence electrons. The van der Waals surface area contributed by atoms with Crippen LogP contribution in [0.2, 0.25) is 0 Å². The minimum absolute atomic E-state index is 0.0266. The topological polar surface area (TPSA) is 58.1 Å². The van der Waals surface area contributed by atoms with Crippen molar-refractivity contribution in [2.45, 2.75) is 32.6 Å². The Morgan fingerprint density at radius 3 is 2.65 bits per heavy atom. The Morgan fingerprint density at radius 2 is 2.04 bits per heavy atom. The van der Waals surface area contributed by atoms with Gasteiger partial charge in [0.15, 0.2) is 0 Å². The molecule has 0 saturated carbocycles. The Labute approximate surface area is 141 Å². The summed E-state index contributed by atoms with van der Waals surface area (Å²) in [4.78, 5) is 18.1. The van der Waals surface area contributed by atoms with Gasteiger partial charge in [0.1, 0.15) is 5.82 Å². The quantitative estimate of drug-likeness (QED) is 0.913. The number of carbonyl (C=O) groups excluding carboxylic acids is 1. The van der Waals surface area contributed by atoms with Gasteiger partial charge in [-0.1, -0.05) is 32.9 Å². The molecule has 5 nitrogen and oxygen atoms in total. The van der Waals surface area contributed by atoms with Crippen molar-refractivity contribution < 1.29 is 4.79 Å². The third-order valence-electron chi connectivity index (χ3n) is 3.37. The van der Waals surface area contributed by atoms with E-state index in [1.807, 2.05) is 24.3 Å². The summed E-state index contributed by atoms with van der Waals surface area (Å²) in [6.07, 6.45) is 0.832. The predicted octanol–water partition coefficient (Wildman–Crippen LogP) is 3.19. The van der Waals surface area contributed by atoms with E-state index in [2.05, 4.69) is 35.4 Å². The first kappa shape index (κ1) is 17.4. The zero-order valence-electron chi connectivity index (χ0n) is 14.4. The van der Waals surface area contributed by atoms with E-state index < -0.39 is 0 Å². The molecule has 0 radical (unpaired) electrons. The van der Waals surface area contributed by atoms with Crippen molar-refractivity contribution in [3.05, 3.63) is 41.2 Å². The van der Waals surface area contributed by atoms with Gasteiger partial charge in [0.05, 0.1) is 0 Å². The highest BCUT2D eigenvalue weighted by molar-refractivity contribution is 7.09. The van der Waals surface area contributed by atoms with Gasteiger partial charge in [-0.15, -0.1) is 0 Å². The maximum Gasteiger partial charge on any atom is 0.253 e. The summed E-state index contributed by atoms with van der Waals surface area (Å²) < 4.78 is 4.39. The van der Waals surface area contributed by atoms with E-state index in [1.165, 1.54) is 11.5 Å². The number of benzene rings is 1. The summed E-state index contributed by atoms with van der Waals surface area (Å²) in [6, 6.07) is 7.76. The van der Waals surface area contributed by atoms with Crippen LogP contribution < -0.4 is 5.32 Å². The number of hydrogen-bond acceptors (Lipinski definition) is 5. The third kappa shape index (κ3) is 4.76. The van der Waals surface area contributed by atoms with Crippen molar-refractivity contribution in [1.82, 2.24) is 14.3 Å². The Kier molecular flexibility index (Phi) is 5.36. The fourth-order valence-electron chi connectivity index (χ4n) is 2.03. The molecule has 0 unspecified atom stereocenters. The van der Waals surface area contributed by atoms with Gasteiger partial charge in [-0.05, 0) is 24.1 Å². The summed E-state index contributed by atoms with van der Waals surface area (Å²) in [6.45, 7) is 7.07. The van der Waals surface area contributed by atoms with Crippen molar-refractivity contribution in [1.29, 1.82) is 0 Å². The molecule has 0 aliphatic heterocycles. The molecule has 1 aromatic carbocycles. The molecule has 0 atom stereocenters. The molecule has 2 aromatic rings. The molecule has 0 aliphatic rings. The highest BCUT2D eigenvalue weighted by Crippen LogP contribution is 2.22.